The van der Waals surface area contributed by atoms with Crippen molar-refractivity contribution in [3.05, 3.63) is 10.6 Å². The van der Waals surface area contributed by atoms with Gasteiger partial charge in [0.15, 0.2) is 0 Å². The van der Waals surface area contributed by atoms with Gasteiger partial charge in [-0.15, -0.1) is 11.8 Å². The molecule has 0 saturated carbocycles. The zero-order valence-electron chi connectivity index (χ0n) is 15.3. The van der Waals surface area contributed by atoms with Gasteiger partial charge >= 0.3 is 5.97 Å². The summed E-state index contributed by atoms with van der Waals surface area (Å²) in [6.45, 7) is 4.13. The van der Waals surface area contributed by atoms with Gasteiger partial charge in [-0.3, -0.25) is 15.1 Å². The van der Waals surface area contributed by atoms with Crippen molar-refractivity contribution in [3.8, 4) is 0 Å². The van der Waals surface area contributed by atoms with E-state index in [0.29, 0.717) is 17.2 Å². The first-order valence-electron chi connectivity index (χ1n) is 8.56. The first kappa shape index (κ1) is 21.4. The topological polar surface area (TPSA) is 184 Å². The predicted octanol–water partition coefficient (Wildman–Crippen LogP) is -2.17. The minimum Gasteiger partial charge on any atom is -0.477 e. The van der Waals surface area contributed by atoms with Crippen LogP contribution in [0.25, 0.3) is 0 Å². The Hall–Kier alpha value is -1.86. The number of carboxylic acids is 1. The van der Waals surface area contributed by atoms with E-state index in [1.807, 2.05) is 6.92 Å². The lowest BCUT2D eigenvalue weighted by Crippen LogP contribution is -2.66. The predicted molar refractivity (Wildman–Crippen MR) is 102 cm³/mol. The average Bonchev–Trinajstić information content (AvgIpc) is 2.81. The number of nitrogens with zero attached hydrogens (tertiary/aromatic N) is 3. The number of hydrazone groups is 1. The maximum atomic E-state index is 12.7. The van der Waals surface area contributed by atoms with E-state index in [1.165, 1.54) is 16.7 Å². The van der Waals surface area contributed by atoms with E-state index in [1.54, 1.807) is 6.92 Å². The molecule has 12 heteroatoms. The molecular formula is C15H27N7O4S. The van der Waals surface area contributed by atoms with Crippen molar-refractivity contribution < 1.29 is 19.8 Å². The molecule has 1 amide bonds. The summed E-state index contributed by atoms with van der Waals surface area (Å²) >= 11 is 1.38. The SMILES string of the molecule is CC1C(SCCN)=C(C(=O)O)N2C(=O)[C@H]([C@@H](C)NC(O)CN(N)/C=N\N)[C@@H]12. The Kier molecular flexibility index (Phi) is 7.06. The third-order valence-corrected chi connectivity index (χ3v) is 6.08. The fourth-order valence-corrected chi connectivity index (χ4v) is 4.76. The summed E-state index contributed by atoms with van der Waals surface area (Å²) in [6, 6.07) is -0.647. The van der Waals surface area contributed by atoms with Crippen molar-refractivity contribution in [2.75, 3.05) is 18.8 Å². The van der Waals surface area contributed by atoms with Crippen LogP contribution < -0.4 is 22.7 Å². The van der Waals surface area contributed by atoms with Crippen LogP contribution in [0.15, 0.2) is 15.7 Å². The van der Waals surface area contributed by atoms with Crippen LogP contribution in [0.4, 0.5) is 0 Å². The number of nitrogens with one attached hydrogen (secondary N) is 1. The van der Waals surface area contributed by atoms with Crippen LogP contribution in [-0.4, -0.2) is 75.5 Å². The van der Waals surface area contributed by atoms with E-state index in [9.17, 15) is 19.8 Å². The van der Waals surface area contributed by atoms with E-state index in [0.717, 1.165) is 11.3 Å². The molecule has 5 atom stereocenters. The van der Waals surface area contributed by atoms with Gasteiger partial charge in [0.25, 0.3) is 0 Å². The van der Waals surface area contributed by atoms with Gasteiger partial charge < -0.3 is 26.7 Å². The molecule has 27 heavy (non-hydrogen) atoms. The molecule has 1 fully saturated rings. The molecule has 0 aromatic heterocycles. The summed E-state index contributed by atoms with van der Waals surface area (Å²) in [5.41, 5.74) is 5.59. The quantitative estimate of drug-likeness (QED) is 0.0587. The highest BCUT2D eigenvalue weighted by Gasteiger charge is 2.60. The molecule has 2 aliphatic rings. The molecule has 0 bridgehead atoms. The molecule has 0 aromatic rings. The number of hydrazine groups is 1. The van der Waals surface area contributed by atoms with Crippen molar-refractivity contribution in [2.45, 2.75) is 32.2 Å². The summed E-state index contributed by atoms with van der Waals surface area (Å²) in [4.78, 5) is 26.4. The van der Waals surface area contributed by atoms with Crippen LogP contribution in [0.5, 0.6) is 0 Å². The number of carboxylic acid groups (broad SMARTS) is 1. The van der Waals surface area contributed by atoms with Gasteiger partial charge in [-0.2, -0.15) is 5.10 Å². The number of carbonyl (C=O) groups excluding carboxylic acids is 1. The number of rotatable bonds is 10. The molecule has 2 heterocycles. The second kappa shape index (κ2) is 8.89. The van der Waals surface area contributed by atoms with Gasteiger partial charge in [-0.1, -0.05) is 6.92 Å². The number of hydrogen-bond acceptors (Lipinski definition) is 9. The molecular weight excluding hydrogens is 374 g/mol. The first-order valence-corrected chi connectivity index (χ1v) is 9.55. The normalized spacial score (nSPS) is 26.9. The van der Waals surface area contributed by atoms with E-state index in [2.05, 4.69) is 10.4 Å². The zero-order valence-corrected chi connectivity index (χ0v) is 16.1. The van der Waals surface area contributed by atoms with E-state index in [4.69, 9.17) is 17.4 Å². The van der Waals surface area contributed by atoms with Crippen molar-refractivity contribution in [1.29, 1.82) is 0 Å². The summed E-state index contributed by atoms with van der Waals surface area (Å²) in [5.74, 6) is 9.20. The number of aliphatic hydroxyl groups excluding tert-OH is 1. The fourth-order valence-electron chi connectivity index (χ4n) is 3.69. The zero-order chi connectivity index (χ0) is 20.3. The highest BCUT2D eigenvalue weighted by atomic mass is 32.2. The lowest BCUT2D eigenvalue weighted by atomic mass is 9.78. The Morgan fingerprint density at radius 2 is 2.22 bits per heavy atom. The number of thioether (sulfide) groups is 1. The first-order chi connectivity index (χ1) is 12.7. The van der Waals surface area contributed by atoms with Crippen LogP contribution >= 0.6 is 11.8 Å². The molecule has 0 spiro atoms. The molecule has 0 radical (unpaired) electrons. The number of carbonyl (C=O) groups is 2. The largest absolute Gasteiger partial charge is 0.477 e. The molecule has 0 aliphatic carbocycles. The van der Waals surface area contributed by atoms with Crippen LogP contribution in [-0.2, 0) is 9.59 Å². The summed E-state index contributed by atoms with van der Waals surface area (Å²) in [6.07, 6.45) is 0.147. The second-order valence-electron chi connectivity index (χ2n) is 6.60. The van der Waals surface area contributed by atoms with Gasteiger partial charge in [-0.05, 0) is 6.92 Å². The monoisotopic (exact) mass is 401 g/mol. The summed E-state index contributed by atoms with van der Waals surface area (Å²) < 4.78 is 0. The van der Waals surface area contributed by atoms with E-state index in [-0.39, 0.29) is 36.2 Å². The fraction of sp³-hybridized carbons (Fsp3) is 0.667. The number of aliphatic hydroxyl groups is 1. The molecule has 9 N–H and O–H groups in total. The van der Waals surface area contributed by atoms with Gasteiger partial charge in [0.05, 0.1) is 18.5 Å². The minimum atomic E-state index is -1.11. The number of β-lactam (4-membered cyclic amide) rings is 1. The standard InChI is InChI=1S/C15H27N7O4S/c1-7-11-10(8(2)20-9(23)5-21(18)6-19-17)14(24)22(11)12(15(25)26)13(7)27-4-3-16/h6-11,20,23H,3-5,16-18H2,1-2H3,(H,25,26)/b19-6-/t7?,8-,9?,10-,11-/m1/s1. The van der Waals surface area contributed by atoms with Gasteiger partial charge in [0, 0.05) is 29.2 Å². The molecule has 11 nitrogen and oxygen atoms in total. The smallest absolute Gasteiger partial charge is 0.353 e. The third kappa shape index (κ3) is 4.19. The number of aliphatic carboxylic acids is 1. The Labute approximate surface area is 161 Å². The minimum absolute atomic E-state index is 0.0200. The van der Waals surface area contributed by atoms with Gasteiger partial charge in [0.2, 0.25) is 5.91 Å². The van der Waals surface area contributed by atoms with Crippen LogP contribution in [0.1, 0.15) is 13.8 Å². The Morgan fingerprint density at radius 3 is 2.78 bits per heavy atom. The molecule has 2 rings (SSSR count). The van der Waals surface area contributed by atoms with Crippen LogP contribution in [0, 0.1) is 11.8 Å². The molecule has 2 aliphatic heterocycles. The van der Waals surface area contributed by atoms with Crippen LogP contribution in [0.2, 0.25) is 0 Å². The Bertz CT molecular complexity index is 644. The van der Waals surface area contributed by atoms with Crippen molar-refractivity contribution in [1.82, 2.24) is 15.2 Å². The summed E-state index contributed by atoms with van der Waals surface area (Å²) in [5, 5.41) is 27.0. The molecule has 0 aromatic carbocycles. The Balaban J connectivity index is 2.08. The van der Waals surface area contributed by atoms with Crippen molar-refractivity contribution in [3.63, 3.8) is 0 Å². The van der Waals surface area contributed by atoms with Gasteiger partial charge in [0.1, 0.15) is 18.3 Å². The van der Waals surface area contributed by atoms with E-state index < -0.39 is 18.1 Å². The average molecular weight is 401 g/mol. The highest BCUT2D eigenvalue weighted by molar-refractivity contribution is 8.03. The lowest BCUT2D eigenvalue weighted by molar-refractivity contribution is -0.158. The maximum absolute atomic E-state index is 12.7. The van der Waals surface area contributed by atoms with Crippen molar-refractivity contribution in [2.24, 2.45) is 34.4 Å². The summed E-state index contributed by atoms with van der Waals surface area (Å²) in [7, 11) is 0. The van der Waals surface area contributed by atoms with Gasteiger partial charge in [-0.25, -0.2) is 10.6 Å². The Morgan fingerprint density at radius 1 is 1.56 bits per heavy atom. The third-order valence-electron chi connectivity index (χ3n) is 4.76. The molecule has 1 saturated heterocycles. The lowest BCUT2D eigenvalue weighted by Gasteiger charge is -2.48. The van der Waals surface area contributed by atoms with Crippen LogP contribution in [0.3, 0.4) is 0 Å². The van der Waals surface area contributed by atoms with E-state index >= 15 is 0 Å². The number of nitrogens with two attached hydrogens (primary N) is 3. The highest BCUT2D eigenvalue weighted by Crippen LogP contribution is 2.50. The second-order valence-corrected chi connectivity index (χ2v) is 7.74. The number of fused-ring (bicyclic) bond motifs is 1. The maximum Gasteiger partial charge on any atom is 0.353 e. The number of amides is 1. The number of hydrogen-bond donors (Lipinski definition) is 6. The van der Waals surface area contributed by atoms with Crippen molar-refractivity contribution >= 4 is 30.0 Å². The molecule has 2 unspecified atom stereocenters. The molecule has 152 valence electrons.